The lowest BCUT2D eigenvalue weighted by molar-refractivity contribution is -0.161. The topological polar surface area (TPSA) is 237 Å². The molecule has 0 aromatic carbocycles. The third-order valence-electron chi connectivity index (χ3n) is 18.2. The molecule has 0 radical (unpaired) electrons. The van der Waals surface area contributed by atoms with Crippen LogP contribution in [0.1, 0.15) is 395 Å². The molecule has 0 bridgehead atoms. The van der Waals surface area contributed by atoms with Gasteiger partial charge in [-0.3, -0.25) is 37.3 Å². The lowest BCUT2D eigenvalue weighted by Crippen LogP contribution is -2.30. The molecule has 3 unspecified atom stereocenters. The number of esters is 4. The first-order valence-corrected chi connectivity index (χ1v) is 42.9. The number of unbranched alkanes of at least 4 members (excludes halogenated alkanes) is 42. The molecule has 0 aromatic heterocycles. The van der Waals surface area contributed by atoms with Crippen LogP contribution in [-0.4, -0.2) is 96.7 Å². The smallest absolute Gasteiger partial charge is 0.462 e. The lowest BCUT2D eigenvalue weighted by atomic mass is 10.00. The maximum absolute atomic E-state index is 13.1. The largest absolute Gasteiger partial charge is 0.472 e. The van der Waals surface area contributed by atoms with E-state index in [2.05, 4.69) is 48.5 Å². The van der Waals surface area contributed by atoms with Crippen molar-refractivity contribution in [3.63, 3.8) is 0 Å². The van der Waals surface area contributed by atoms with Crippen molar-refractivity contribution >= 4 is 39.5 Å². The van der Waals surface area contributed by atoms with Crippen molar-refractivity contribution in [2.24, 2.45) is 17.8 Å². The summed E-state index contributed by atoms with van der Waals surface area (Å²) in [6.45, 7) is 11.8. The van der Waals surface area contributed by atoms with Crippen LogP contribution < -0.4 is 0 Å². The van der Waals surface area contributed by atoms with Gasteiger partial charge in [0.15, 0.2) is 12.2 Å². The predicted octanol–water partition coefficient (Wildman–Crippen LogP) is 22.6. The number of phosphoric ester groups is 2. The van der Waals surface area contributed by atoms with Crippen molar-refractivity contribution in [2.75, 3.05) is 39.6 Å². The Morgan fingerprint density at radius 2 is 0.531 bits per heavy atom. The van der Waals surface area contributed by atoms with Gasteiger partial charge >= 0.3 is 39.5 Å². The van der Waals surface area contributed by atoms with E-state index in [4.69, 9.17) is 37.0 Å². The summed E-state index contributed by atoms with van der Waals surface area (Å²) in [5.74, 6) is 0.0760. The third-order valence-corrected chi connectivity index (χ3v) is 20.1. The first-order valence-electron chi connectivity index (χ1n) is 39.9. The van der Waals surface area contributed by atoms with Gasteiger partial charge in [-0.1, -0.05) is 344 Å². The van der Waals surface area contributed by atoms with E-state index in [1.165, 1.54) is 199 Å². The molecule has 19 heteroatoms. The molecule has 0 aliphatic rings. The molecule has 6 atom stereocenters. The van der Waals surface area contributed by atoms with Gasteiger partial charge in [0.1, 0.15) is 19.3 Å². The van der Waals surface area contributed by atoms with E-state index in [9.17, 15) is 43.2 Å². The monoisotopic (exact) mass is 1410 g/mol. The molecule has 0 heterocycles. The highest BCUT2D eigenvalue weighted by Crippen LogP contribution is 2.45. The van der Waals surface area contributed by atoms with Crippen molar-refractivity contribution in [2.45, 2.75) is 414 Å². The molecule has 0 aliphatic heterocycles. The zero-order chi connectivity index (χ0) is 70.9. The molecule has 0 spiro atoms. The van der Waals surface area contributed by atoms with Crippen molar-refractivity contribution in [3.05, 3.63) is 0 Å². The number of carbonyl (C=O) groups excluding carboxylic acids is 4. The van der Waals surface area contributed by atoms with E-state index >= 15 is 0 Å². The van der Waals surface area contributed by atoms with Crippen molar-refractivity contribution in [3.8, 4) is 0 Å². The number of carbonyl (C=O) groups is 4. The Bertz CT molecular complexity index is 1870. The number of hydrogen-bond acceptors (Lipinski definition) is 15. The van der Waals surface area contributed by atoms with Crippen molar-refractivity contribution in [1.82, 2.24) is 0 Å². The van der Waals surface area contributed by atoms with Crippen LogP contribution in [0, 0.1) is 17.8 Å². The van der Waals surface area contributed by atoms with Crippen LogP contribution >= 0.6 is 15.6 Å². The Morgan fingerprint density at radius 3 is 0.792 bits per heavy atom. The van der Waals surface area contributed by atoms with Gasteiger partial charge in [0.2, 0.25) is 0 Å². The standard InChI is InChI=1S/C77H150O17P2/c1-8-10-11-12-13-14-15-16-17-18-19-20-21-22-27-30-33-36-46-53-60-76(81)93-72(64-87-74(79)58-51-44-35-32-29-26-24-23-25-28-31-34-41-48-55-68(3)4)66-91-95(83,84)89-62-71(78)63-90-96(85,86)92-67-73(65-88-75(80)59-52-45-39-37-42-49-56-69(5)6)94-77(82)61-54-47-40-38-43-50-57-70(7)9-2/h68-73,78H,8-67H2,1-7H3,(H,83,84)(H,85,86)/t70?,71-,72-,73-/m1/s1. The van der Waals surface area contributed by atoms with E-state index in [1.807, 2.05) is 0 Å². The number of rotatable bonds is 75. The molecule has 0 aliphatic carbocycles. The molecule has 0 fully saturated rings. The van der Waals surface area contributed by atoms with E-state index in [1.54, 1.807) is 0 Å². The van der Waals surface area contributed by atoms with Gasteiger partial charge < -0.3 is 33.8 Å². The second-order valence-corrected chi connectivity index (χ2v) is 31.8. The quantitative estimate of drug-likeness (QED) is 0.0222. The molecule has 96 heavy (non-hydrogen) atoms. The van der Waals surface area contributed by atoms with E-state index in [0.29, 0.717) is 31.6 Å². The number of phosphoric acid groups is 2. The Balaban J connectivity index is 5.20. The van der Waals surface area contributed by atoms with Crippen molar-refractivity contribution in [1.29, 1.82) is 0 Å². The molecule has 0 saturated carbocycles. The van der Waals surface area contributed by atoms with Gasteiger partial charge in [0.05, 0.1) is 26.4 Å². The van der Waals surface area contributed by atoms with Crippen LogP contribution in [0.25, 0.3) is 0 Å². The summed E-state index contributed by atoms with van der Waals surface area (Å²) in [6.07, 6.45) is 54.5. The summed E-state index contributed by atoms with van der Waals surface area (Å²) in [6, 6.07) is 0. The van der Waals surface area contributed by atoms with Crippen LogP contribution in [0.5, 0.6) is 0 Å². The van der Waals surface area contributed by atoms with Gasteiger partial charge in [-0.25, -0.2) is 9.13 Å². The number of aliphatic hydroxyl groups is 1. The zero-order valence-corrected chi connectivity index (χ0v) is 64.6. The van der Waals surface area contributed by atoms with E-state index < -0.39 is 97.5 Å². The number of aliphatic hydroxyl groups excluding tert-OH is 1. The first kappa shape index (κ1) is 94.1. The lowest BCUT2D eigenvalue weighted by Gasteiger charge is -2.21. The minimum atomic E-state index is -4.96. The fourth-order valence-electron chi connectivity index (χ4n) is 11.7. The fraction of sp³-hybridized carbons (Fsp3) is 0.948. The molecule has 570 valence electrons. The SMILES string of the molecule is CCCCCCCCCCCCCCCCCCCCCCC(=O)O[C@H](COC(=O)CCCCCCCCCCCCCCCCC(C)C)COP(=O)(O)OC[C@@H](O)COP(=O)(O)OC[C@@H](COC(=O)CCCCCCCCC(C)C)OC(=O)CCCCCCCCC(C)CC. The summed E-state index contributed by atoms with van der Waals surface area (Å²) in [7, 11) is -9.91. The van der Waals surface area contributed by atoms with Gasteiger partial charge in [0, 0.05) is 25.7 Å². The van der Waals surface area contributed by atoms with Gasteiger partial charge in [-0.15, -0.1) is 0 Å². The van der Waals surface area contributed by atoms with Gasteiger partial charge in [0.25, 0.3) is 0 Å². The molecular formula is C77H150O17P2. The van der Waals surface area contributed by atoms with Crippen LogP contribution in [0.2, 0.25) is 0 Å². The number of ether oxygens (including phenoxy) is 4. The van der Waals surface area contributed by atoms with Gasteiger partial charge in [-0.2, -0.15) is 0 Å². The minimum absolute atomic E-state index is 0.102. The van der Waals surface area contributed by atoms with E-state index in [0.717, 1.165) is 108 Å². The highest BCUT2D eigenvalue weighted by molar-refractivity contribution is 7.47. The molecule has 0 amide bonds. The Hall–Kier alpha value is -1.94. The maximum atomic E-state index is 13.1. The molecule has 0 aromatic rings. The minimum Gasteiger partial charge on any atom is -0.462 e. The highest BCUT2D eigenvalue weighted by Gasteiger charge is 2.30. The summed E-state index contributed by atoms with van der Waals surface area (Å²) >= 11 is 0. The fourth-order valence-corrected chi connectivity index (χ4v) is 13.3. The summed E-state index contributed by atoms with van der Waals surface area (Å²) < 4.78 is 68.5. The van der Waals surface area contributed by atoms with Crippen LogP contribution in [0.15, 0.2) is 0 Å². The molecule has 0 saturated heterocycles. The van der Waals surface area contributed by atoms with Crippen molar-refractivity contribution < 1.29 is 80.2 Å². The summed E-state index contributed by atoms with van der Waals surface area (Å²) in [5, 5.41) is 10.6. The summed E-state index contributed by atoms with van der Waals surface area (Å²) in [5.41, 5.74) is 0. The zero-order valence-electron chi connectivity index (χ0n) is 62.8. The average molecular weight is 1410 g/mol. The predicted molar refractivity (Wildman–Crippen MR) is 391 cm³/mol. The van der Waals surface area contributed by atoms with Crippen LogP contribution in [-0.2, 0) is 65.4 Å². The second-order valence-electron chi connectivity index (χ2n) is 28.9. The first-order chi connectivity index (χ1) is 46.3. The van der Waals surface area contributed by atoms with Crippen LogP contribution in [0.4, 0.5) is 0 Å². The maximum Gasteiger partial charge on any atom is 0.472 e. The Morgan fingerprint density at radius 1 is 0.302 bits per heavy atom. The Labute approximate surface area is 588 Å². The molecule has 0 rings (SSSR count). The van der Waals surface area contributed by atoms with Gasteiger partial charge in [-0.05, 0) is 43.4 Å². The highest BCUT2D eigenvalue weighted by atomic mass is 31.2. The Kier molecular flexibility index (Phi) is 66.2. The average Bonchev–Trinajstić information content (AvgIpc) is 1.40. The number of hydrogen-bond donors (Lipinski definition) is 3. The normalized spacial score (nSPS) is 14.3. The molecule has 17 nitrogen and oxygen atoms in total. The third kappa shape index (κ3) is 69.2. The summed E-state index contributed by atoms with van der Waals surface area (Å²) in [4.78, 5) is 72.7. The molecular weight excluding hydrogens is 1260 g/mol. The second kappa shape index (κ2) is 67.5. The van der Waals surface area contributed by atoms with Crippen LogP contribution in [0.3, 0.4) is 0 Å². The molecule has 3 N–H and O–H groups in total. The van der Waals surface area contributed by atoms with E-state index in [-0.39, 0.29) is 25.7 Å².